The van der Waals surface area contributed by atoms with Gasteiger partial charge in [0, 0.05) is 17.2 Å². The Hall–Kier alpha value is -5.55. The molecule has 46 heavy (non-hydrogen) atoms. The summed E-state index contributed by atoms with van der Waals surface area (Å²) in [5, 5.41) is 26.0. The largest absolute Gasteiger partial charge is 0.496 e. The maximum Gasteiger partial charge on any atom is 0.335 e. The van der Waals surface area contributed by atoms with E-state index in [1.165, 1.54) is 35.2 Å². The molecule has 5 aromatic rings. The quantitative estimate of drug-likeness (QED) is 0.0956. The fraction of sp³-hybridized carbons (Fsp3) is 0.176. The third kappa shape index (κ3) is 6.45. The van der Waals surface area contributed by atoms with Crippen molar-refractivity contribution in [3.63, 3.8) is 0 Å². The average molecular weight is 641 g/mol. The number of aryl methyl sites for hydroxylation is 1. The number of hydrogen-bond acceptors (Lipinski definition) is 8. The summed E-state index contributed by atoms with van der Waals surface area (Å²) < 4.78 is 12.5. The lowest BCUT2D eigenvalue weighted by Gasteiger charge is -2.17. The minimum absolute atomic E-state index is 0.0521. The normalized spacial score (nSPS) is 11.3. The Morgan fingerprint density at radius 3 is 2.59 bits per heavy atom. The van der Waals surface area contributed by atoms with Crippen LogP contribution in [-0.4, -0.2) is 39.0 Å². The van der Waals surface area contributed by atoms with E-state index in [0.29, 0.717) is 27.8 Å². The third-order valence-corrected chi connectivity index (χ3v) is 7.60. The molecule has 5 rings (SSSR count). The van der Waals surface area contributed by atoms with Crippen LogP contribution in [0.3, 0.4) is 0 Å². The van der Waals surface area contributed by atoms with Crippen LogP contribution >= 0.6 is 11.6 Å². The van der Waals surface area contributed by atoms with E-state index in [0.717, 1.165) is 11.1 Å². The van der Waals surface area contributed by atoms with Crippen LogP contribution in [0, 0.1) is 17.0 Å². The zero-order valence-electron chi connectivity index (χ0n) is 25.4. The van der Waals surface area contributed by atoms with Crippen molar-refractivity contribution in [3.8, 4) is 22.9 Å². The number of hydrogen-bond donors (Lipinski definition) is 1. The van der Waals surface area contributed by atoms with E-state index < -0.39 is 22.1 Å². The highest BCUT2D eigenvalue weighted by Gasteiger charge is 2.22. The van der Waals surface area contributed by atoms with E-state index >= 15 is 0 Å². The van der Waals surface area contributed by atoms with E-state index in [1.54, 1.807) is 43.5 Å². The van der Waals surface area contributed by atoms with Gasteiger partial charge in [0.2, 0.25) is 5.75 Å². The molecule has 0 unspecified atom stereocenters. The van der Waals surface area contributed by atoms with Gasteiger partial charge in [0.15, 0.2) is 5.82 Å². The first-order valence-corrected chi connectivity index (χ1v) is 14.5. The molecule has 0 saturated heterocycles. The molecule has 0 fully saturated rings. The maximum absolute atomic E-state index is 13.8. The molecular formula is C34H29ClN4O7. The number of carboxylic acids is 1. The van der Waals surface area contributed by atoms with Crippen molar-refractivity contribution in [1.29, 1.82) is 0 Å². The molecule has 1 N–H and O–H groups in total. The Balaban J connectivity index is 1.59. The summed E-state index contributed by atoms with van der Waals surface area (Å²) in [6.07, 6.45) is 1.29. The number of carboxylic acid groups (broad SMARTS) is 1. The number of halogens is 1. The number of aromatic nitrogens is 2. The molecule has 0 bridgehead atoms. The standard InChI is InChI=1S/C34H29ClN4O7/c1-19(2)25-16-26(20(3)12-30(25)45-4)32-37-28-11-6-5-10-24(28)33(40)38(32)36-17-22-14-27(35)31(29(15-22)39(43)44)46-18-21-8-7-9-23(13-21)34(41)42/h5-17,19H,18H2,1-4H3,(H,41,42). The predicted molar refractivity (Wildman–Crippen MR) is 176 cm³/mol. The van der Waals surface area contributed by atoms with Crippen molar-refractivity contribution in [2.24, 2.45) is 5.10 Å². The van der Waals surface area contributed by atoms with E-state index in [4.69, 9.17) is 26.1 Å². The third-order valence-electron chi connectivity index (χ3n) is 7.32. The smallest absolute Gasteiger partial charge is 0.335 e. The van der Waals surface area contributed by atoms with Gasteiger partial charge < -0.3 is 14.6 Å². The number of benzene rings is 4. The van der Waals surface area contributed by atoms with E-state index in [-0.39, 0.29) is 40.2 Å². The van der Waals surface area contributed by atoms with Crippen LogP contribution in [0.4, 0.5) is 5.69 Å². The van der Waals surface area contributed by atoms with Gasteiger partial charge in [0.1, 0.15) is 12.4 Å². The minimum atomic E-state index is -1.11. The van der Waals surface area contributed by atoms with Crippen molar-refractivity contribution >= 4 is 40.4 Å². The van der Waals surface area contributed by atoms with E-state index in [1.807, 2.05) is 32.9 Å². The lowest BCUT2D eigenvalue weighted by atomic mass is 9.96. The zero-order chi connectivity index (χ0) is 33.1. The van der Waals surface area contributed by atoms with Gasteiger partial charge in [-0.25, -0.2) is 9.78 Å². The highest BCUT2D eigenvalue weighted by atomic mass is 35.5. The van der Waals surface area contributed by atoms with Crippen molar-refractivity contribution in [2.45, 2.75) is 33.3 Å². The molecule has 0 aliphatic rings. The first-order valence-electron chi connectivity index (χ1n) is 14.2. The summed E-state index contributed by atoms with van der Waals surface area (Å²) in [7, 11) is 1.60. The first-order chi connectivity index (χ1) is 22.0. The monoisotopic (exact) mass is 640 g/mol. The van der Waals surface area contributed by atoms with Gasteiger partial charge >= 0.3 is 11.7 Å². The molecule has 12 heteroatoms. The number of para-hydroxylation sites is 1. The molecule has 1 heterocycles. The zero-order valence-corrected chi connectivity index (χ0v) is 26.1. The Morgan fingerprint density at radius 1 is 1.13 bits per heavy atom. The van der Waals surface area contributed by atoms with Crippen LogP contribution in [0.25, 0.3) is 22.3 Å². The van der Waals surface area contributed by atoms with Gasteiger partial charge in [-0.3, -0.25) is 14.9 Å². The van der Waals surface area contributed by atoms with Gasteiger partial charge in [-0.15, -0.1) is 0 Å². The number of nitro benzene ring substituents is 1. The summed E-state index contributed by atoms with van der Waals surface area (Å²) >= 11 is 6.46. The van der Waals surface area contributed by atoms with Crippen molar-refractivity contribution in [2.75, 3.05) is 7.11 Å². The number of rotatable bonds is 10. The Bertz CT molecular complexity index is 2090. The summed E-state index contributed by atoms with van der Waals surface area (Å²) in [5.41, 5.74) is 2.81. The number of aromatic carboxylic acids is 1. The van der Waals surface area contributed by atoms with Gasteiger partial charge in [-0.2, -0.15) is 9.78 Å². The second-order valence-electron chi connectivity index (χ2n) is 10.8. The molecule has 0 saturated carbocycles. The fourth-order valence-corrected chi connectivity index (χ4v) is 5.28. The highest BCUT2D eigenvalue weighted by molar-refractivity contribution is 6.32. The first kappa shape index (κ1) is 31.9. The lowest BCUT2D eigenvalue weighted by molar-refractivity contribution is -0.385. The number of methoxy groups -OCH3 is 1. The van der Waals surface area contributed by atoms with Gasteiger partial charge in [-0.1, -0.05) is 49.7 Å². The molecule has 0 radical (unpaired) electrons. The molecule has 11 nitrogen and oxygen atoms in total. The second kappa shape index (κ2) is 13.2. The fourth-order valence-electron chi connectivity index (χ4n) is 5.00. The molecule has 4 aromatic carbocycles. The average Bonchev–Trinajstić information content (AvgIpc) is 3.03. The Morgan fingerprint density at radius 2 is 1.89 bits per heavy atom. The van der Waals surface area contributed by atoms with Gasteiger partial charge in [0.25, 0.3) is 5.56 Å². The van der Waals surface area contributed by atoms with Crippen LogP contribution in [0.2, 0.25) is 5.02 Å². The molecule has 0 aliphatic heterocycles. The van der Waals surface area contributed by atoms with Crippen molar-refractivity contribution in [1.82, 2.24) is 9.66 Å². The molecule has 0 aliphatic carbocycles. The number of nitrogens with zero attached hydrogens (tertiary/aromatic N) is 4. The number of nitro groups is 1. The summed E-state index contributed by atoms with van der Waals surface area (Å²) in [6, 6.07) is 19.4. The summed E-state index contributed by atoms with van der Waals surface area (Å²) in [4.78, 5) is 41.3. The Labute approximate surface area is 268 Å². The van der Waals surface area contributed by atoms with Crippen LogP contribution in [0.15, 0.2) is 82.7 Å². The molecule has 0 amide bonds. The second-order valence-corrected chi connectivity index (χ2v) is 11.2. The Kier molecular flexibility index (Phi) is 9.15. The van der Waals surface area contributed by atoms with Crippen molar-refractivity contribution in [3.05, 3.63) is 126 Å². The van der Waals surface area contributed by atoms with Crippen LogP contribution in [0.1, 0.15) is 52.4 Å². The van der Waals surface area contributed by atoms with E-state index in [2.05, 4.69) is 5.10 Å². The van der Waals surface area contributed by atoms with Crippen LogP contribution < -0.4 is 15.0 Å². The topological polar surface area (TPSA) is 146 Å². The molecule has 1 aromatic heterocycles. The van der Waals surface area contributed by atoms with Gasteiger partial charge in [0.05, 0.1) is 39.7 Å². The lowest BCUT2D eigenvalue weighted by Crippen LogP contribution is -2.20. The summed E-state index contributed by atoms with van der Waals surface area (Å²) in [6.45, 7) is 5.80. The van der Waals surface area contributed by atoms with E-state index in [9.17, 15) is 24.8 Å². The molecular weight excluding hydrogens is 612 g/mol. The summed E-state index contributed by atoms with van der Waals surface area (Å²) in [5.74, 6) is -0.187. The van der Waals surface area contributed by atoms with Gasteiger partial charge in [-0.05, 0) is 72.0 Å². The molecule has 0 atom stereocenters. The number of fused-ring (bicyclic) bond motifs is 1. The maximum atomic E-state index is 13.8. The van der Waals surface area contributed by atoms with Crippen LogP contribution in [-0.2, 0) is 6.61 Å². The minimum Gasteiger partial charge on any atom is -0.496 e. The molecule has 234 valence electrons. The number of carbonyl (C=O) groups is 1. The highest BCUT2D eigenvalue weighted by Crippen LogP contribution is 2.37. The van der Waals surface area contributed by atoms with Crippen molar-refractivity contribution < 1.29 is 24.3 Å². The SMILES string of the molecule is COc1cc(C)c(-c2nc3ccccc3c(=O)n2N=Cc2cc(Cl)c(OCc3cccc(C(=O)O)c3)c([N+](=O)[O-])c2)cc1C(C)C. The number of ether oxygens (including phenoxy) is 2. The molecule has 0 spiro atoms. The van der Waals surface area contributed by atoms with Crippen LogP contribution in [0.5, 0.6) is 11.5 Å². The predicted octanol–water partition coefficient (Wildman–Crippen LogP) is 7.22.